The predicted octanol–water partition coefficient (Wildman–Crippen LogP) is 4.85. The van der Waals surface area contributed by atoms with E-state index < -0.39 is 0 Å². The summed E-state index contributed by atoms with van der Waals surface area (Å²) in [5.74, 6) is 0.128. The van der Waals surface area contributed by atoms with E-state index in [9.17, 15) is 4.79 Å². The zero-order valence-electron chi connectivity index (χ0n) is 21.4. The number of amides is 1. The Labute approximate surface area is 226 Å². The molecule has 0 saturated carbocycles. The first-order chi connectivity index (χ1) is 18.7. The van der Waals surface area contributed by atoms with Gasteiger partial charge in [-0.05, 0) is 24.1 Å². The molecule has 5 aromatic rings. The molecule has 38 heavy (non-hydrogen) atoms. The molecule has 1 saturated heterocycles. The molecule has 1 fully saturated rings. The third kappa shape index (κ3) is 5.14. The fraction of sp³-hybridized carbons (Fsp3) is 0.267. The maximum absolute atomic E-state index is 13.3. The maximum Gasteiger partial charge on any atom is 0.235 e. The van der Waals surface area contributed by atoms with Gasteiger partial charge >= 0.3 is 0 Å². The van der Waals surface area contributed by atoms with Crippen LogP contribution in [-0.4, -0.2) is 66.9 Å². The van der Waals surface area contributed by atoms with Crippen LogP contribution in [0.15, 0.2) is 90.1 Å². The second-order valence-corrected chi connectivity index (χ2v) is 11.0. The van der Waals surface area contributed by atoms with Crippen LogP contribution in [0.25, 0.3) is 22.1 Å². The summed E-state index contributed by atoms with van der Waals surface area (Å²) in [5, 5.41) is 10.2. The molecule has 8 heteroatoms. The SMILES string of the molecule is CC(Sc1nnc2c3ccccc3n(Cc3ccccc3)c2n1)C(=O)N1CCN(Cc2ccccc2)CC1. The summed E-state index contributed by atoms with van der Waals surface area (Å²) in [5.41, 5.74) is 5.16. The van der Waals surface area contributed by atoms with Gasteiger partial charge in [0.1, 0.15) is 5.52 Å². The predicted molar refractivity (Wildman–Crippen MR) is 152 cm³/mol. The number of para-hydroxylation sites is 1. The van der Waals surface area contributed by atoms with Crippen LogP contribution in [0, 0.1) is 0 Å². The first-order valence-electron chi connectivity index (χ1n) is 13.0. The van der Waals surface area contributed by atoms with Gasteiger partial charge in [0.2, 0.25) is 11.1 Å². The van der Waals surface area contributed by atoms with Gasteiger partial charge in [0.25, 0.3) is 0 Å². The lowest BCUT2D eigenvalue weighted by Gasteiger charge is -2.35. The summed E-state index contributed by atoms with van der Waals surface area (Å²) in [4.78, 5) is 22.6. The van der Waals surface area contributed by atoms with Crippen molar-refractivity contribution in [2.45, 2.75) is 30.4 Å². The largest absolute Gasteiger partial charge is 0.339 e. The van der Waals surface area contributed by atoms with Gasteiger partial charge in [-0.1, -0.05) is 90.6 Å². The molecule has 0 N–H and O–H groups in total. The van der Waals surface area contributed by atoms with Crippen molar-refractivity contribution in [2.75, 3.05) is 26.2 Å². The molecule has 0 spiro atoms. The number of aromatic nitrogens is 4. The van der Waals surface area contributed by atoms with Crippen LogP contribution in [0.2, 0.25) is 0 Å². The summed E-state index contributed by atoms with van der Waals surface area (Å²) < 4.78 is 2.19. The lowest BCUT2D eigenvalue weighted by atomic mass is 10.2. The number of thioether (sulfide) groups is 1. The third-order valence-electron chi connectivity index (χ3n) is 7.10. The normalized spacial score (nSPS) is 15.2. The standard InChI is InChI=1S/C30H30N6OS/c1-22(29(37)35-18-16-34(17-19-35)20-23-10-4-2-5-11-23)38-30-31-28-27(32-33-30)25-14-8-9-15-26(25)36(28)21-24-12-6-3-7-13-24/h2-15,22H,16-21H2,1H3. The molecule has 0 radical (unpaired) electrons. The number of nitrogens with zero attached hydrogens (tertiary/aromatic N) is 6. The number of carbonyl (C=O) groups is 1. The van der Waals surface area contributed by atoms with Crippen LogP contribution in [-0.2, 0) is 17.9 Å². The smallest absolute Gasteiger partial charge is 0.235 e. The average Bonchev–Trinajstić information content (AvgIpc) is 3.27. The number of hydrogen-bond donors (Lipinski definition) is 0. The molecule has 3 heterocycles. The minimum atomic E-state index is -0.290. The highest BCUT2D eigenvalue weighted by molar-refractivity contribution is 8.00. The summed E-state index contributed by atoms with van der Waals surface area (Å²) >= 11 is 1.39. The van der Waals surface area contributed by atoms with Crippen molar-refractivity contribution >= 4 is 39.7 Å². The monoisotopic (exact) mass is 522 g/mol. The summed E-state index contributed by atoms with van der Waals surface area (Å²) in [6.45, 7) is 6.78. The van der Waals surface area contributed by atoms with E-state index in [1.807, 2.05) is 48.2 Å². The van der Waals surface area contributed by atoms with E-state index in [1.165, 1.54) is 22.9 Å². The van der Waals surface area contributed by atoms with Crippen LogP contribution < -0.4 is 0 Å². The highest BCUT2D eigenvalue weighted by Crippen LogP contribution is 2.29. The summed E-state index contributed by atoms with van der Waals surface area (Å²) in [6.07, 6.45) is 0. The molecule has 7 nitrogen and oxygen atoms in total. The van der Waals surface area contributed by atoms with E-state index in [-0.39, 0.29) is 11.2 Å². The second-order valence-electron chi connectivity index (χ2n) is 9.70. The van der Waals surface area contributed by atoms with E-state index >= 15 is 0 Å². The van der Waals surface area contributed by atoms with Crippen LogP contribution in [0.1, 0.15) is 18.1 Å². The Morgan fingerprint density at radius 3 is 2.16 bits per heavy atom. The number of piperazine rings is 1. The molecular formula is C30H30N6OS. The van der Waals surface area contributed by atoms with E-state index in [2.05, 4.69) is 68.2 Å². The zero-order valence-corrected chi connectivity index (χ0v) is 22.2. The molecule has 1 atom stereocenters. The quantitative estimate of drug-likeness (QED) is 0.285. The van der Waals surface area contributed by atoms with E-state index in [0.29, 0.717) is 11.7 Å². The van der Waals surface area contributed by atoms with Crippen LogP contribution >= 0.6 is 11.8 Å². The molecule has 192 valence electrons. The maximum atomic E-state index is 13.3. The Bertz CT molecular complexity index is 1550. The van der Waals surface area contributed by atoms with Crippen molar-refractivity contribution < 1.29 is 4.79 Å². The molecule has 6 rings (SSSR count). The van der Waals surface area contributed by atoms with E-state index in [0.717, 1.165) is 54.8 Å². The van der Waals surface area contributed by atoms with Crippen molar-refractivity contribution in [3.05, 3.63) is 96.1 Å². The second kappa shape index (κ2) is 10.9. The van der Waals surface area contributed by atoms with Gasteiger partial charge in [-0.2, -0.15) is 0 Å². The highest BCUT2D eigenvalue weighted by Gasteiger charge is 2.27. The van der Waals surface area contributed by atoms with Crippen LogP contribution in [0.4, 0.5) is 0 Å². The van der Waals surface area contributed by atoms with Crippen LogP contribution in [0.5, 0.6) is 0 Å². The molecule has 1 amide bonds. The minimum Gasteiger partial charge on any atom is -0.339 e. The Balaban J connectivity index is 1.17. The van der Waals surface area contributed by atoms with E-state index in [4.69, 9.17) is 4.98 Å². The minimum absolute atomic E-state index is 0.128. The van der Waals surface area contributed by atoms with Crippen molar-refractivity contribution in [1.82, 2.24) is 29.5 Å². The fourth-order valence-corrected chi connectivity index (χ4v) is 5.89. The molecule has 1 aliphatic rings. The molecule has 0 aliphatic carbocycles. The first kappa shape index (κ1) is 24.6. The van der Waals surface area contributed by atoms with Gasteiger partial charge in [-0.15, -0.1) is 10.2 Å². The Morgan fingerprint density at radius 2 is 1.45 bits per heavy atom. The van der Waals surface area contributed by atoms with Crippen LogP contribution in [0.3, 0.4) is 0 Å². The van der Waals surface area contributed by atoms with Gasteiger partial charge in [-0.25, -0.2) is 4.98 Å². The van der Waals surface area contributed by atoms with Crippen molar-refractivity contribution in [2.24, 2.45) is 0 Å². The molecule has 1 aliphatic heterocycles. The average molecular weight is 523 g/mol. The number of carbonyl (C=O) groups excluding carboxylic acids is 1. The summed E-state index contributed by atoms with van der Waals surface area (Å²) in [7, 11) is 0. The van der Waals surface area contributed by atoms with Crippen molar-refractivity contribution in [1.29, 1.82) is 0 Å². The van der Waals surface area contributed by atoms with Gasteiger partial charge in [0, 0.05) is 44.7 Å². The number of rotatable bonds is 7. The van der Waals surface area contributed by atoms with E-state index in [1.54, 1.807) is 0 Å². The lowest BCUT2D eigenvalue weighted by molar-refractivity contribution is -0.132. The molecule has 2 aromatic heterocycles. The molecular weight excluding hydrogens is 492 g/mol. The van der Waals surface area contributed by atoms with Crippen molar-refractivity contribution in [3.63, 3.8) is 0 Å². The van der Waals surface area contributed by atoms with Gasteiger partial charge < -0.3 is 9.47 Å². The Morgan fingerprint density at radius 1 is 0.816 bits per heavy atom. The highest BCUT2D eigenvalue weighted by atomic mass is 32.2. The lowest BCUT2D eigenvalue weighted by Crippen LogP contribution is -2.50. The molecule has 3 aromatic carbocycles. The van der Waals surface area contributed by atoms with Gasteiger partial charge in [0.05, 0.1) is 10.8 Å². The number of benzene rings is 3. The van der Waals surface area contributed by atoms with Gasteiger partial charge in [-0.3, -0.25) is 9.69 Å². The zero-order chi connectivity index (χ0) is 25.9. The fourth-order valence-electron chi connectivity index (χ4n) is 5.10. The third-order valence-corrected chi connectivity index (χ3v) is 8.04. The van der Waals surface area contributed by atoms with Gasteiger partial charge in [0.15, 0.2) is 5.65 Å². The summed E-state index contributed by atoms with van der Waals surface area (Å²) in [6, 6.07) is 29.0. The Hall–Kier alpha value is -3.75. The number of hydrogen-bond acceptors (Lipinski definition) is 6. The first-order valence-corrected chi connectivity index (χ1v) is 13.9. The van der Waals surface area contributed by atoms with Crippen molar-refractivity contribution in [3.8, 4) is 0 Å². The molecule has 1 unspecified atom stereocenters. The molecule has 0 bridgehead atoms. The number of fused-ring (bicyclic) bond motifs is 3. The Kier molecular flexibility index (Phi) is 7.07. The topological polar surface area (TPSA) is 67.2 Å².